The Labute approximate surface area is 184 Å². The monoisotopic (exact) mass is 431 g/mol. The first-order valence-electron chi connectivity index (χ1n) is 9.64. The summed E-state index contributed by atoms with van der Waals surface area (Å²) in [4.78, 5) is 12.3. The Morgan fingerprint density at radius 2 is 1.94 bits per heavy atom. The van der Waals surface area contributed by atoms with Crippen LogP contribution in [0.4, 0.5) is 5.69 Å². The molecule has 31 heavy (non-hydrogen) atoms. The molecule has 1 N–H and O–H groups in total. The van der Waals surface area contributed by atoms with Crippen molar-refractivity contribution in [3.8, 4) is 22.7 Å². The third-order valence-electron chi connectivity index (χ3n) is 4.55. The van der Waals surface area contributed by atoms with Crippen LogP contribution >= 0.6 is 11.8 Å². The molecule has 1 amide bonds. The van der Waals surface area contributed by atoms with Crippen molar-refractivity contribution in [1.82, 2.24) is 20.0 Å². The van der Waals surface area contributed by atoms with Gasteiger partial charge in [0.2, 0.25) is 5.91 Å². The van der Waals surface area contributed by atoms with Gasteiger partial charge in [0, 0.05) is 18.0 Å². The first-order chi connectivity index (χ1) is 15.1. The van der Waals surface area contributed by atoms with Crippen LogP contribution in [-0.4, -0.2) is 38.7 Å². The van der Waals surface area contributed by atoms with Gasteiger partial charge in [0.1, 0.15) is 10.8 Å². The van der Waals surface area contributed by atoms with E-state index in [9.17, 15) is 4.79 Å². The second-order valence-corrected chi connectivity index (χ2v) is 7.79. The number of benzene rings is 2. The smallest absolute Gasteiger partial charge is 0.234 e. The predicted molar refractivity (Wildman–Crippen MR) is 122 cm³/mol. The van der Waals surface area contributed by atoms with Gasteiger partial charge < -0.3 is 10.1 Å². The van der Waals surface area contributed by atoms with Gasteiger partial charge in [-0.25, -0.2) is 4.68 Å². The highest BCUT2D eigenvalue weighted by Crippen LogP contribution is 2.26. The number of aromatic nitrogens is 4. The van der Waals surface area contributed by atoms with Gasteiger partial charge in [-0.05, 0) is 55.0 Å². The molecule has 4 aromatic rings. The number of methoxy groups -OCH3 is 1. The number of carbonyl (C=O) groups is 1. The van der Waals surface area contributed by atoms with Gasteiger partial charge in [-0.1, -0.05) is 30.0 Å². The summed E-state index contributed by atoms with van der Waals surface area (Å²) in [5.74, 6) is 0.726. The lowest BCUT2D eigenvalue weighted by atomic mass is 10.1. The SMILES string of the molecule is COc1ccc(C)cc1NC(=O)CSc1ccc(-c2ccc(-n3cccn3)cc2)nn1. The summed E-state index contributed by atoms with van der Waals surface area (Å²) in [5.41, 5.74) is 4.41. The fourth-order valence-corrected chi connectivity index (χ4v) is 3.62. The van der Waals surface area contributed by atoms with E-state index in [1.54, 1.807) is 18.0 Å². The van der Waals surface area contributed by atoms with Crippen molar-refractivity contribution in [3.05, 3.63) is 78.6 Å². The van der Waals surface area contributed by atoms with Crippen LogP contribution < -0.4 is 10.1 Å². The van der Waals surface area contributed by atoms with Crippen molar-refractivity contribution < 1.29 is 9.53 Å². The second-order valence-electron chi connectivity index (χ2n) is 6.79. The zero-order chi connectivity index (χ0) is 21.6. The minimum Gasteiger partial charge on any atom is -0.495 e. The van der Waals surface area contributed by atoms with E-state index >= 15 is 0 Å². The molecule has 0 unspecified atom stereocenters. The van der Waals surface area contributed by atoms with Crippen molar-refractivity contribution >= 4 is 23.4 Å². The van der Waals surface area contributed by atoms with Crippen molar-refractivity contribution in [2.24, 2.45) is 0 Å². The molecule has 156 valence electrons. The van der Waals surface area contributed by atoms with Crippen LogP contribution in [0.25, 0.3) is 16.9 Å². The minimum atomic E-state index is -0.131. The molecular formula is C23H21N5O2S. The van der Waals surface area contributed by atoms with Gasteiger partial charge in [-0.15, -0.1) is 10.2 Å². The number of amides is 1. The van der Waals surface area contributed by atoms with Gasteiger partial charge in [0.25, 0.3) is 0 Å². The lowest BCUT2D eigenvalue weighted by Gasteiger charge is -2.10. The molecule has 4 rings (SSSR count). The van der Waals surface area contributed by atoms with Gasteiger partial charge in [0.15, 0.2) is 0 Å². The molecule has 2 aromatic carbocycles. The highest BCUT2D eigenvalue weighted by atomic mass is 32.2. The number of ether oxygens (including phenoxy) is 1. The fraction of sp³-hybridized carbons (Fsp3) is 0.130. The maximum atomic E-state index is 12.3. The maximum absolute atomic E-state index is 12.3. The van der Waals surface area contributed by atoms with E-state index in [1.165, 1.54) is 11.8 Å². The number of hydrogen-bond donors (Lipinski definition) is 1. The summed E-state index contributed by atoms with van der Waals surface area (Å²) in [6, 6.07) is 19.2. The second kappa shape index (κ2) is 9.44. The molecule has 0 saturated carbocycles. The number of nitrogens with zero attached hydrogens (tertiary/aromatic N) is 4. The van der Waals surface area contributed by atoms with Gasteiger partial charge in [-0.3, -0.25) is 4.79 Å². The summed E-state index contributed by atoms with van der Waals surface area (Å²) in [5, 5.41) is 16.3. The van der Waals surface area contributed by atoms with Crippen LogP contribution in [0.2, 0.25) is 0 Å². The van der Waals surface area contributed by atoms with E-state index in [2.05, 4.69) is 20.6 Å². The Morgan fingerprint density at radius 3 is 2.61 bits per heavy atom. The van der Waals surface area contributed by atoms with Crippen molar-refractivity contribution in [2.45, 2.75) is 11.9 Å². The average molecular weight is 432 g/mol. The normalized spacial score (nSPS) is 10.6. The van der Waals surface area contributed by atoms with Crippen LogP contribution in [-0.2, 0) is 4.79 Å². The third-order valence-corrected chi connectivity index (χ3v) is 5.47. The standard InChI is InChI=1S/C23H21N5O2S/c1-16-4-10-21(30-2)20(14-16)25-22(29)15-31-23-11-9-19(26-27-23)17-5-7-18(8-6-17)28-13-3-12-24-28/h3-14H,15H2,1-2H3,(H,25,29). The number of hydrogen-bond acceptors (Lipinski definition) is 6. The van der Waals surface area contributed by atoms with E-state index in [0.717, 1.165) is 22.5 Å². The van der Waals surface area contributed by atoms with Crippen LogP contribution in [0.15, 0.2) is 78.1 Å². The Kier molecular flexibility index (Phi) is 6.28. The Balaban J connectivity index is 1.35. The topological polar surface area (TPSA) is 81.9 Å². The summed E-state index contributed by atoms with van der Waals surface area (Å²) in [6.45, 7) is 1.96. The molecule has 0 spiro atoms. The Morgan fingerprint density at radius 1 is 1.10 bits per heavy atom. The zero-order valence-electron chi connectivity index (χ0n) is 17.1. The van der Waals surface area contributed by atoms with Crippen molar-refractivity contribution in [1.29, 1.82) is 0 Å². The quantitative estimate of drug-likeness (QED) is 0.438. The van der Waals surface area contributed by atoms with Crippen molar-refractivity contribution in [2.75, 3.05) is 18.2 Å². The summed E-state index contributed by atoms with van der Waals surface area (Å²) in [6.07, 6.45) is 3.64. The van der Waals surface area contributed by atoms with Crippen LogP contribution in [0.5, 0.6) is 5.75 Å². The first kappa shape index (κ1) is 20.6. The molecule has 2 aromatic heterocycles. The predicted octanol–water partition coefficient (Wildman–Crippen LogP) is 4.38. The van der Waals surface area contributed by atoms with E-state index in [0.29, 0.717) is 16.5 Å². The number of carbonyl (C=O) groups excluding carboxylic acids is 1. The Hall–Kier alpha value is -3.65. The molecule has 0 radical (unpaired) electrons. The van der Waals surface area contributed by atoms with Crippen LogP contribution in [0.3, 0.4) is 0 Å². The molecule has 2 heterocycles. The molecule has 0 bridgehead atoms. The van der Waals surface area contributed by atoms with E-state index < -0.39 is 0 Å². The molecular weight excluding hydrogens is 410 g/mol. The number of anilines is 1. The lowest BCUT2D eigenvalue weighted by Crippen LogP contribution is -2.15. The van der Waals surface area contributed by atoms with E-state index in [-0.39, 0.29) is 11.7 Å². The molecule has 0 aliphatic rings. The number of nitrogens with one attached hydrogen (secondary N) is 1. The summed E-state index contributed by atoms with van der Waals surface area (Å²) >= 11 is 1.33. The molecule has 8 heteroatoms. The molecule has 0 aliphatic carbocycles. The summed E-state index contributed by atoms with van der Waals surface area (Å²) < 4.78 is 7.10. The number of aryl methyl sites for hydroxylation is 1. The lowest BCUT2D eigenvalue weighted by molar-refractivity contribution is -0.113. The molecule has 0 atom stereocenters. The molecule has 7 nitrogen and oxygen atoms in total. The Bertz CT molecular complexity index is 1160. The van der Waals surface area contributed by atoms with Crippen LogP contribution in [0.1, 0.15) is 5.56 Å². The van der Waals surface area contributed by atoms with Gasteiger partial charge in [-0.2, -0.15) is 5.10 Å². The van der Waals surface area contributed by atoms with E-state index in [4.69, 9.17) is 4.74 Å². The molecule has 0 fully saturated rings. The highest BCUT2D eigenvalue weighted by Gasteiger charge is 2.10. The molecule has 0 saturated heterocycles. The highest BCUT2D eigenvalue weighted by molar-refractivity contribution is 7.99. The summed E-state index contributed by atoms with van der Waals surface area (Å²) in [7, 11) is 1.58. The first-order valence-corrected chi connectivity index (χ1v) is 10.6. The largest absolute Gasteiger partial charge is 0.495 e. The number of thioether (sulfide) groups is 1. The minimum absolute atomic E-state index is 0.131. The zero-order valence-corrected chi connectivity index (χ0v) is 18.0. The van der Waals surface area contributed by atoms with Crippen molar-refractivity contribution in [3.63, 3.8) is 0 Å². The molecule has 0 aliphatic heterocycles. The van der Waals surface area contributed by atoms with Gasteiger partial charge in [0.05, 0.1) is 29.9 Å². The number of rotatable bonds is 7. The average Bonchev–Trinajstić information content (AvgIpc) is 3.33. The fourth-order valence-electron chi connectivity index (χ4n) is 3.00. The van der Waals surface area contributed by atoms with Gasteiger partial charge >= 0.3 is 0 Å². The maximum Gasteiger partial charge on any atom is 0.234 e. The van der Waals surface area contributed by atoms with E-state index in [1.807, 2.05) is 73.8 Å². The third kappa shape index (κ3) is 5.10. The van der Waals surface area contributed by atoms with Crippen LogP contribution in [0, 0.1) is 6.92 Å².